The largest absolute Gasteiger partial charge is 0.393 e. The van der Waals surface area contributed by atoms with Gasteiger partial charge in [0.05, 0.1) is 18.6 Å². The second-order valence-electron chi connectivity index (χ2n) is 5.07. The van der Waals surface area contributed by atoms with E-state index in [4.69, 9.17) is 0 Å². The van der Waals surface area contributed by atoms with E-state index in [2.05, 4.69) is 10.6 Å². The summed E-state index contributed by atoms with van der Waals surface area (Å²) in [6.07, 6.45) is 1.02. The topological polar surface area (TPSA) is 78.4 Å². The fraction of sp³-hybridized carbons (Fsp3) is 0.500. The van der Waals surface area contributed by atoms with Crippen LogP contribution in [0.1, 0.15) is 44.7 Å². The predicted molar refractivity (Wildman–Crippen MR) is 81.5 cm³/mol. The summed E-state index contributed by atoms with van der Waals surface area (Å²) >= 11 is 0. The van der Waals surface area contributed by atoms with E-state index in [-0.39, 0.29) is 30.4 Å². The zero-order chi connectivity index (χ0) is 15.7. The molecule has 0 saturated carbocycles. The average Bonchev–Trinajstić information content (AvgIpc) is 2.46. The third kappa shape index (κ3) is 6.90. The van der Waals surface area contributed by atoms with Crippen molar-refractivity contribution in [3.8, 4) is 0 Å². The molecule has 0 aliphatic rings. The first-order valence-electron chi connectivity index (χ1n) is 7.29. The van der Waals surface area contributed by atoms with Gasteiger partial charge in [-0.3, -0.25) is 9.59 Å². The highest BCUT2D eigenvalue weighted by Crippen LogP contribution is 2.16. The molecule has 0 fully saturated rings. The Morgan fingerprint density at radius 1 is 1.24 bits per heavy atom. The standard InChI is InChI=1S/C16H24N2O3/c1-3-14(20)9-10-17-16(21)11-15(18-12(2)19)13-7-5-4-6-8-13/h4-8,14-15,20H,3,9-11H2,1-2H3,(H,17,21)(H,18,19). The Morgan fingerprint density at radius 3 is 2.48 bits per heavy atom. The lowest BCUT2D eigenvalue weighted by Gasteiger charge is -2.18. The third-order valence-corrected chi connectivity index (χ3v) is 3.24. The molecule has 2 atom stereocenters. The van der Waals surface area contributed by atoms with Gasteiger partial charge in [0.2, 0.25) is 11.8 Å². The normalized spacial score (nSPS) is 13.3. The van der Waals surface area contributed by atoms with Crippen LogP contribution in [0.3, 0.4) is 0 Å². The van der Waals surface area contributed by atoms with Gasteiger partial charge in [0.1, 0.15) is 0 Å². The van der Waals surface area contributed by atoms with E-state index in [0.29, 0.717) is 19.4 Å². The number of nitrogens with one attached hydrogen (secondary N) is 2. The lowest BCUT2D eigenvalue weighted by molar-refractivity contribution is -0.122. The van der Waals surface area contributed by atoms with Gasteiger partial charge in [0.25, 0.3) is 0 Å². The maximum atomic E-state index is 11.9. The lowest BCUT2D eigenvalue weighted by Crippen LogP contribution is -2.33. The number of hydrogen-bond acceptors (Lipinski definition) is 3. The quantitative estimate of drug-likeness (QED) is 0.680. The van der Waals surface area contributed by atoms with E-state index in [1.54, 1.807) is 0 Å². The Morgan fingerprint density at radius 2 is 1.90 bits per heavy atom. The van der Waals surface area contributed by atoms with Crippen molar-refractivity contribution in [2.24, 2.45) is 0 Å². The fourth-order valence-corrected chi connectivity index (χ4v) is 2.02. The van der Waals surface area contributed by atoms with Gasteiger partial charge in [0, 0.05) is 13.5 Å². The van der Waals surface area contributed by atoms with Crippen molar-refractivity contribution in [2.45, 2.75) is 45.3 Å². The molecule has 5 heteroatoms. The van der Waals surface area contributed by atoms with Crippen molar-refractivity contribution in [3.05, 3.63) is 35.9 Å². The molecule has 21 heavy (non-hydrogen) atoms. The van der Waals surface area contributed by atoms with Crippen molar-refractivity contribution in [2.75, 3.05) is 6.54 Å². The molecule has 0 aromatic heterocycles. The molecule has 1 rings (SSSR count). The van der Waals surface area contributed by atoms with Crippen molar-refractivity contribution in [3.63, 3.8) is 0 Å². The smallest absolute Gasteiger partial charge is 0.222 e. The summed E-state index contributed by atoms with van der Waals surface area (Å²) in [5.74, 6) is -0.307. The zero-order valence-electron chi connectivity index (χ0n) is 12.6. The maximum Gasteiger partial charge on any atom is 0.222 e. The van der Waals surface area contributed by atoms with Crippen LogP contribution in [0.2, 0.25) is 0 Å². The van der Waals surface area contributed by atoms with Gasteiger partial charge >= 0.3 is 0 Å². The summed E-state index contributed by atoms with van der Waals surface area (Å²) in [5, 5.41) is 15.0. The molecule has 0 radical (unpaired) electrons. The first kappa shape index (κ1) is 17.2. The molecule has 2 unspecified atom stereocenters. The van der Waals surface area contributed by atoms with Gasteiger partial charge in [0.15, 0.2) is 0 Å². The lowest BCUT2D eigenvalue weighted by atomic mass is 10.0. The van der Waals surface area contributed by atoms with Gasteiger partial charge in [-0.2, -0.15) is 0 Å². The highest BCUT2D eigenvalue weighted by atomic mass is 16.3. The second kappa shape index (κ2) is 9.13. The SMILES string of the molecule is CCC(O)CCNC(=O)CC(NC(C)=O)c1ccccc1. The number of aliphatic hydroxyl groups is 1. The van der Waals surface area contributed by atoms with E-state index in [0.717, 1.165) is 5.56 Å². The molecule has 1 aromatic carbocycles. The van der Waals surface area contributed by atoms with Gasteiger partial charge in [-0.05, 0) is 18.4 Å². The van der Waals surface area contributed by atoms with Crippen molar-refractivity contribution in [1.29, 1.82) is 0 Å². The van der Waals surface area contributed by atoms with Crippen LogP contribution in [0.5, 0.6) is 0 Å². The van der Waals surface area contributed by atoms with Gasteiger partial charge in [-0.15, -0.1) is 0 Å². The molecule has 116 valence electrons. The van der Waals surface area contributed by atoms with Crippen LogP contribution >= 0.6 is 0 Å². The van der Waals surface area contributed by atoms with Crippen molar-refractivity contribution in [1.82, 2.24) is 10.6 Å². The number of benzene rings is 1. The van der Waals surface area contributed by atoms with E-state index in [9.17, 15) is 14.7 Å². The average molecular weight is 292 g/mol. The Hall–Kier alpha value is -1.88. The van der Waals surface area contributed by atoms with Crippen LogP contribution in [0.15, 0.2) is 30.3 Å². The minimum absolute atomic E-state index is 0.138. The number of hydrogen-bond donors (Lipinski definition) is 3. The molecule has 1 aromatic rings. The molecular formula is C16H24N2O3. The van der Waals surface area contributed by atoms with E-state index >= 15 is 0 Å². The van der Waals surface area contributed by atoms with E-state index in [1.807, 2.05) is 37.3 Å². The van der Waals surface area contributed by atoms with Gasteiger partial charge < -0.3 is 15.7 Å². The summed E-state index contributed by atoms with van der Waals surface area (Å²) < 4.78 is 0. The predicted octanol–water partition coefficient (Wildman–Crippen LogP) is 1.53. The van der Waals surface area contributed by atoms with E-state index in [1.165, 1.54) is 6.92 Å². The minimum atomic E-state index is -0.384. The van der Waals surface area contributed by atoms with Gasteiger partial charge in [-0.1, -0.05) is 37.3 Å². The van der Waals surface area contributed by atoms with Crippen LogP contribution < -0.4 is 10.6 Å². The van der Waals surface area contributed by atoms with Crippen LogP contribution in [-0.2, 0) is 9.59 Å². The molecular weight excluding hydrogens is 268 g/mol. The molecule has 0 saturated heterocycles. The summed E-state index contributed by atoms with van der Waals surface area (Å²) in [6, 6.07) is 9.07. The van der Waals surface area contributed by atoms with Crippen molar-refractivity contribution < 1.29 is 14.7 Å². The highest BCUT2D eigenvalue weighted by molar-refractivity contribution is 5.79. The Kier molecular flexibility index (Phi) is 7.46. The monoisotopic (exact) mass is 292 g/mol. The number of rotatable bonds is 8. The third-order valence-electron chi connectivity index (χ3n) is 3.24. The molecule has 0 spiro atoms. The first-order chi connectivity index (χ1) is 10.0. The van der Waals surface area contributed by atoms with Crippen LogP contribution in [0, 0.1) is 0 Å². The summed E-state index contributed by atoms with van der Waals surface area (Å²) in [4.78, 5) is 23.2. The molecule has 0 bridgehead atoms. The van der Waals surface area contributed by atoms with Gasteiger partial charge in [-0.25, -0.2) is 0 Å². The van der Waals surface area contributed by atoms with E-state index < -0.39 is 0 Å². The summed E-state index contributed by atoms with van der Waals surface area (Å²) in [7, 11) is 0. The van der Waals surface area contributed by atoms with Crippen LogP contribution in [0.25, 0.3) is 0 Å². The molecule has 3 N–H and O–H groups in total. The Bertz CT molecular complexity index is 448. The number of carbonyl (C=O) groups excluding carboxylic acids is 2. The fourth-order valence-electron chi connectivity index (χ4n) is 2.02. The maximum absolute atomic E-state index is 11.9. The second-order valence-corrected chi connectivity index (χ2v) is 5.07. The molecule has 5 nitrogen and oxygen atoms in total. The molecule has 0 aliphatic heterocycles. The number of aliphatic hydroxyl groups excluding tert-OH is 1. The number of carbonyl (C=O) groups is 2. The molecule has 0 heterocycles. The zero-order valence-corrected chi connectivity index (χ0v) is 12.6. The molecule has 0 aliphatic carbocycles. The minimum Gasteiger partial charge on any atom is -0.393 e. The molecule has 2 amide bonds. The Balaban J connectivity index is 2.53. The van der Waals surface area contributed by atoms with Crippen molar-refractivity contribution >= 4 is 11.8 Å². The number of amides is 2. The van der Waals surface area contributed by atoms with Crippen LogP contribution in [0.4, 0.5) is 0 Å². The summed E-state index contributed by atoms with van der Waals surface area (Å²) in [5.41, 5.74) is 0.899. The first-order valence-corrected chi connectivity index (χ1v) is 7.29. The highest BCUT2D eigenvalue weighted by Gasteiger charge is 2.16. The van der Waals surface area contributed by atoms with Crippen LogP contribution in [-0.4, -0.2) is 29.6 Å². The summed E-state index contributed by atoms with van der Waals surface area (Å²) in [6.45, 7) is 3.77. The Labute approximate surface area is 125 Å².